The van der Waals surface area contributed by atoms with E-state index in [1.54, 1.807) is 12.0 Å². The molecule has 0 spiro atoms. The number of aryl methyl sites for hydroxylation is 1. The Hall–Kier alpha value is -2.53. The zero-order chi connectivity index (χ0) is 22.1. The van der Waals surface area contributed by atoms with Crippen LogP contribution in [0.25, 0.3) is 0 Å². The number of nitrogens with one attached hydrogen (secondary N) is 1. The van der Waals surface area contributed by atoms with E-state index in [1.165, 1.54) is 0 Å². The van der Waals surface area contributed by atoms with E-state index in [0.29, 0.717) is 24.4 Å². The fourth-order valence-corrected chi connectivity index (χ4v) is 3.54. The number of methoxy groups -OCH3 is 1. The van der Waals surface area contributed by atoms with Crippen LogP contribution in [0.3, 0.4) is 0 Å². The molecule has 2 amide bonds. The Morgan fingerprint density at radius 2 is 1.77 bits per heavy atom. The number of nitrogens with zero attached hydrogens (tertiary/aromatic N) is 1. The molecular formula is C24H31ClN2O3. The molecule has 1 atom stereocenters. The minimum atomic E-state index is -0.534. The monoisotopic (exact) mass is 430 g/mol. The molecule has 0 heterocycles. The molecule has 0 aliphatic carbocycles. The van der Waals surface area contributed by atoms with Crippen LogP contribution >= 0.6 is 11.6 Å². The standard InChI is InChI=1S/C24H31ClN2O3/c1-5-22(24(29)26-17(2)3)27(16-18-10-13-20(30-4)14-11-18)23(28)15-12-19-8-6-7-9-21(19)25/h6-11,13-14,17,22H,5,12,15-16H2,1-4H3,(H,26,29)/t22-/m1/s1. The summed E-state index contributed by atoms with van der Waals surface area (Å²) in [5.74, 6) is 0.545. The Labute approximate surface area is 184 Å². The van der Waals surface area contributed by atoms with Gasteiger partial charge in [0.15, 0.2) is 0 Å². The van der Waals surface area contributed by atoms with E-state index < -0.39 is 6.04 Å². The van der Waals surface area contributed by atoms with Gasteiger partial charge in [-0.15, -0.1) is 0 Å². The van der Waals surface area contributed by atoms with Gasteiger partial charge in [-0.1, -0.05) is 48.9 Å². The van der Waals surface area contributed by atoms with E-state index in [0.717, 1.165) is 16.9 Å². The quantitative estimate of drug-likeness (QED) is 0.598. The molecule has 0 unspecified atom stereocenters. The first-order chi connectivity index (χ1) is 14.3. The van der Waals surface area contributed by atoms with Crippen LogP contribution in [0.1, 0.15) is 44.7 Å². The molecule has 0 aliphatic heterocycles. The van der Waals surface area contributed by atoms with Gasteiger partial charge in [-0.25, -0.2) is 0 Å². The van der Waals surface area contributed by atoms with Crippen molar-refractivity contribution in [2.45, 2.75) is 58.7 Å². The van der Waals surface area contributed by atoms with Crippen LogP contribution in [-0.4, -0.2) is 35.9 Å². The van der Waals surface area contributed by atoms with E-state index in [2.05, 4.69) is 5.32 Å². The maximum Gasteiger partial charge on any atom is 0.243 e. The summed E-state index contributed by atoms with van der Waals surface area (Å²) in [5.41, 5.74) is 1.87. The Balaban J connectivity index is 2.22. The third kappa shape index (κ3) is 6.77. The van der Waals surface area contributed by atoms with Gasteiger partial charge in [0.1, 0.15) is 11.8 Å². The largest absolute Gasteiger partial charge is 0.497 e. The first kappa shape index (κ1) is 23.7. The first-order valence-corrected chi connectivity index (χ1v) is 10.7. The van der Waals surface area contributed by atoms with Crippen molar-refractivity contribution in [3.05, 3.63) is 64.7 Å². The topological polar surface area (TPSA) is 58.6 Å². The zero-order valence-corrected chi connectivity index (χ0v) is 18.9. The summed E-state index contributed by atoms with van der Waals surface area (Å²) in [6.45, 7) is 6.11. The molecule has 162 valence electrons. The summed E-state index contributed by atoms with van der Waals surface area (Å²) in [4.78, 5) is 27.7. The van der Waals surface area contributed by atoms with Crippen molar-refractivity contribution in [3.63, 3.8) is 0 Å². The Morgan fingerprint density at radius 1 is 1.10 bits per heavy atom. The van der Waals surface area contributed by atoms with E-state index in [1.807, 2.05) is 69.3 Å². The highest BCUT2D eigenvalue weighted by Crippen LogP contribution is 2.20. The Kier molecular flexibility index (Phi) is 9.18. The molecule has 0 saturated heterocycles. The highest BCUT2D eigenvalue weighted by atomic mass is 35.5. The van der Waals surface area contributed by atoms with Gasteiger partial charge in [0.25, 0.3) is 0 Å². The number of rotatable bonds is 10. The van der Waals surface area contributed by atoms with Gasteiger partial charge >= 0.3 is 0 Å². The van der Waals surface area contributed by atoms with Crippen molar-refractivity contribution in [2.24, 2.45) is 0 Å². The predicted octanol–water partition coefficient (Wildman–Crippen LogP) is 4.61. The number of hydrogen-bond donors (Lipinski definition) is 1. The van der Waals surface area contributed by atoms with Gasteiger partial charge in [-0.2, -0.15) is 0 Å². The third-order valence-electron chi connectivity index (χ3n) is 4.89. The number of benzene rings is 2. The molecule has 0 radical (unpaired) electrons. The van der Waals surface area contributed by atoms with Gasteiger partial charge < -0.3 is 15.0 Å². The van der Waals surface area contributed by atoms with Crippen LogP contribution in [-0.2, 0) is 22.6 Å². The number of ether oxygens (including phenoxy) is 1. The van der Waals surface area contributed by atoms with E-state index in [-0.39, 0.29) is 24.3 Å². The predicted molar refractivity (Wildman–Crippen MR) is 121 cm³/mol. The van der Waals surface area contributed by atoms with Crippen LogP contribution in [0.15, 0.2) is 48.5 Å². The van der Waals surface area contributed by atoms with E-state index in [4.69, 9.17) is 16.3 Å². The summed E-state index contributed by atoms with van der Waals surface area (Å²) >= 11 is 6.24. The van der Waals surface area contributed by atoms with Crippen molar-refractivity contribution in [3.8, 4) is 5.75 Å². The highest BCUT2D eigenvalue weighted by Gasteiger charge is 2.28. The van der Waals surface area contributed by atoms with Gasteiger partial charge in [0, 0.05) is 24.0 Å². The van der Waals surface area contributed by atoms with Crippen LogP contribution in [0.4, 0.5) is 0 Å². The zero-order valence-electron chi connectivity index (χ0n) is 18.2. The summed E-state index contributed by atoms with van der Waals surface area (Å²) in [6.07, 6.45) is 1.34. The number of carbonyl (C=O) groups excluding carboxylic acids is 2. The molecule has 2 aromatic carbocycles. The second kappa shape index (κ2) is 11.6. The van der Waals surface area contributed by atoms with E-state index >= 15 is 0 Å². The summed E-state index contributed by atoms with van der Waals surface area (Å²) < 4.78 is 5.21. The van der Waals surface area contributed by atoms with Gasteiger partial charge in [-0.05, 0) is 56.0 Å². The van der Waals surface area contributed by atoms with Crippen LogP contribution in [0, 0.1) is 0 Å². The summed E-state index contributed by atoms with van der Waals surface area (Å²) in [6, 6.07) is 14.5. The van der Waals surface area contributed by atoms with Crippen molar-refractivity contribution in [1.29, 1.82) is 0 Å². The van der Waals surface area contributed by atoms with E-state index in [9.17, 15) is 9.59 Å². The number of halogens is 1. The molecule has 0 aliphatic rings. The average Bonchev–Trinajstić information content (AvgIpc) is 2.72. The molecular weight excluding hydrogens is 400 g/mol. The smallest absolute Gasteiger partial charge is 0.243 e. The van der Waals surface area contributed by atoms with Gasteiger partial charge in [-0.3, -0.25) is 9.59 Å². The Bertz CT molecular complexity index is 837. The van der Waals surface area contributed by atoms with Gasteiger partial charge in [0.2, 0.25) is 11.8 Å². The number of hydrogen-bond acceptors (Lipinski definition) is 3. The molecule has 1 N–H and O–H groups in total. The lowest BCUT2D eigenvalue weighted by Gasteiger charge is -2.31. The first-order valence-electron chi connectivity index (χ1n) is 10.3. The normalized spacial score (nSPS) is 11.8. The maximum absolute atomic E-state index is 13.2. The Morgan fingerprint density at radius 3 is 2.33 bits per heavy atom. The minimum absolute atomic E-state index is 0.00705. The van der Waals surface area contributed by atoms with Crippen LogP contribution < -0.4 is 10.1 Å². The van der Waals surface area contributed by atoms with Crippen molar-refractivity contribution >= 4 is 23.4 Å². The van der Waals surface area contributed by atoms with Crippen molar-refractivity contribution in [2.75, 3.05) is 7.11 Å². The lowest BCUT2D eigenvalue weighted by Crippen LogP contribution is -2.50. The molecule has 0 aromatic heterocycles. The lowest BCUT2D eigenvalue weighted by atomic mass is 10.1. The third-order valence-corrected chi connectivity index (χ3v) is 5.26. The summed E-state index contributed by atoms with van der Waals surface area (Å²) in [5, 5.41) is 3.59. The average molecular weight is 431 g/mol. The molecule has 2 aromatic rings. The van der Waals surface area contributed by atoms with Crippen molar-refractivity contribution in [1.82, 2.24) is 10.2 Å². The molecule has 2 rings (SSSR count). The lowest BCUT2D eigenvalue weighted by molar-refractivity contribution is -0.141. The van der Waals surface area contributed by atoms with Gasteiger partial charge in [0.05, 0.1) is 7.11 Å². The SMILES string of the molecule is CC[C@H](C(=O)NC(C)C)N(Cc1ccc(OC)cc1)C(=O)CCc1ccccc1Cl. The molecule has 6 heteroatoms. The van der Waals surface area contributed by atoms with Crippen LogP contribution in [0.5, 0.6) is 5.75 Å². The molecule has 0 bridgehead atoms. The number of amides is 2. The van der Waals surface area contributed by atoms with Crippen molar-refractivity contribution < 1.29 is 14.3 Å². The fourth-order valence-electron chi connectivity index (χ4n) is 3.31. The minimum Gasteiger partial charge on any atom is -0.497 e. The number of carbonyl (C=O) groups is 2. The second-order valence-corrected chi connectivity index (χ2v) is 7.96. The molecule has 0 saturated carbocycles. The second-order valence-electron chi connectivity index (χ2n) is 7.55. The molecule has 30 heavy (non-hydrogen) atoms. The summed E-state index contributed by atoms with van der Waals surface area (Å²) in [7, 11) is 1.61. The molecule has 5 nitrogen and oxygen atoms in total. The highest BCUT2D eigenvalue weighted by molar-refractivity contribution is 6.31. The molecule has 0 fully saturated rings. The maximum atomic E-state index is 13.2. The van der Waals surface area contributed by atoms with Crippen LogP contribution in [0.2, 0.25) is 5.02 Å². The fraction of sp³-hybridized carbons (Fsp3) is 0.417.